The zero-order chi connectivity index (χ0) is 10.5. The van der Waals surface area contributed by atoms with Crippen LogP contribution < -0.4 is 5.73 Å². The third kappa shape index (κ3) is 2.99. The average Bonchev–Trinajstić information content (AvgIpc) is 2.74. The second-order valence-corrected chi connectivity index (χ2v) is 4.24. The molecule has 0 radical (unpaired) electrons. The van der Waals surface area contributed by atoms with Crippen molar-refractivity contribution in [2.24, 2.45) is 0 Å². The lowest BCUT2D eigenvalue weighted by Gasteiger charge is -2.01. The average molecular weight is 220 g/mol. The summed E-state index contributed by atoms with van der Waals surface area (Å²) in [6.07, 6.45) is 3.28. The summed E-state index contributed by atoms with van der Waals surface area (Å²) >= 11 is 1.78. The Hall–Kier alpha value is -1.49. The van der Waals surface area contributed by atoms with Crippen LogP contribution in [0.15, 0.2) is 41.8 Å². The summed E-state index contributed by atoms with van der Waals surface area (Å²) in [6, 6.07) is 7.89. The Labute approximate surface area is 92.5 Å². The smallest absolute Gasteiger partial charge is 0.137 e. The first kappa shape index (κ1) is 10.0. The van der Waals surface area contributed by atoms with Gasteiger partial charge in [-0.15, -0.1) is 11.8 Å². The predicted molar refractivity (Wildman–Crippen MR) is 61.6 cm³/mol. The van der Waals surface area contributed by atoms with Crippen molar-refractivity contribution in [1.29, 1.82) is 0 Å². The van der Waals surface area contributed by atoms with Crippen LogP contribution in [-0.4, -0.2) is 20.5 Å². The summed E-state index contributed by atoms with van der Waals surface area (Å²) in [6.45, 7) is 0.870. The summed E-state index contributed by atoms with van der Waals surface area (Å²) < 4.78 is 1.82. The maximum atomic E-state index is 5.60. The van der Waals surface area contributed by atoms with Crippen LogP contribution in [0, 0.1) is 0 Å². The lowest BCUT2D eigenvalue weighted by molar-refractivity contribution is 0.664. The largest absolute Gasteiger partial charge is 0.399 e. The minimum Gasteiger partial charge on any atom is -0.399 e. The quantitative estimate of drug-likeness (QED) is 0.629. The summed E-state index contributed by atoms with van der Waals surface area (Å²) in [5.74, 6) is 0.979. The second kappa shape index (κ2) is 4.84. The summed E-state index contributed by atoms with van der Waals surface area (Å²) in [5.41, 5.74) is 6.40. The van der Waals surface area contributed by atoms with Gasteiger partial charge in [-0.2, -0.15) is 5.10 Å². The van der Waals surface area contributed by atoms with Crippen LogP contribution in [0.2, 0.25) is 0 Å². The highest BCUT2D eigenvalue weighted by Gasteiger charge is 1.95. The minimum atomic E-state index is 0.802. The first-order valence-electron chi connectivity index (χ1n) is 4.65. The fraction of sp³-hybridized carbons (Fsp3) is 0.200. The summed E-state index contributed by atoms with van der Waals surface area (Å²) in [4.78, 5) is 5.11. The Morgan fingerprint density at radius 3 is 2.73 bits per heavy atom. The van der Waals surface area contributed by atoms with Crippen LogP contribution in [0.25, 0.3) is 0 Å². The van der Waals surface area contributed by atoms with Crippen molar-refractivity contribution < 1.29 is 0 Å². The highest BCUT2D eigenvalue weighted by molar-refractivity contribution is 7.99. The topological polar surface area (TPSA) is 56.7 Å². The maximum Gasteiger partial charge on any atom is 0.137 e. The molecule has 5 heteroatoms. The zero-order valence-electron chi connectivity index (χ0n) is 8.21. The fourth-order valence-electron chi connectivity index (χ4n) is 1.17. The van der Waals surface area contributed by atoms with E-state index in [0.717, 1.165) is 18.0 Å². The Bertz CT molecular complexity index is 396. The SMILES string of the molecule is Nc1ccc(SCCn2cncn2)cc1. The lowest BCUT2D eigenvalue weighted by Crippen LogP contribution is -2.00. The van der Waals surface area contributed by atoms with Crippen molar-refractivity contribution >= 4 is 17.4 Å². The number of hydrogen-bond acceptors (Lipinski definition) is 4. The number of nitrogens with zero attached hydrogens (tertiary/aromatic N) is 3. The van der Waals surface area contributed by atoms with Crippen molar-refractivity contribution in [1.82, 2.24) is 14.8 Å². The van der Waals surface area contributed by atoms with Gasteiger partial charge in [0.15, 0.2) is 0 Å². The van der Waals surface area contributed by atoms with Gasteiger partial charge in [-0.1, -0.05) is 0 Å². The van der Waals surface area contributed by atoms with Gasteiger partial charge in [0.05, 0.1) is 6.54 Å². The van der Waals surface area contributed by atoms with Crippen LogP contribution in [0.5, 0.6) is 0 Å². The van der Waals surface area contributed by atoms with Crippen LogP contribution in [0.1, 0.15) is 0 Å². The predicted octanol–water partition coefficient (Wildman–Crippen LogP) is 1.65. The molecule has 0 spiro atoms. The standard InChI is InChI=1S/C10H12N4S/c11-9-1-3-10(4-2-9)15-6-5-14-8-12-7-13-14/h1-4,7-8H,5-6,11H2. The van der Waals surface area contributed by atoms with E-state index in [9.17, 15) is 0 Å². The molecule has 1 aromatic carbocycles. The van der Waals surface area contributed by atoms with Crippen molar-refractivity contribution in [3.05, 3.63) is 36.9 Å². The summed E-state index contributed by atoms with van der Waals surface area (Å²) in [7, 11) is 0. The number of thioether (sulfide) groups is 1. The van der Waals surface area contributed by atoms with E-state index in [1.54, 1.807) is 24.4 Å². The molecule has 0 aliphatic rings. The zero-order valence-corrected chi connectivity index (χ0v) is 9.02. The molecule has 0 atom stereocenters. The van der Waals surface area contributed by atoms with Gasteiger partial charge in [0, 0.05) is 16.3 Å². The van der Waals surface area contributed by atoms with E-state index in [1.165, 1.54) is 4.90 Å². The molecule has 2 N–H and O–H groups in total. The molecule has 78 valence electrons. The molecule has 0 saturated carbocycles. The Kier molecular flexibility index (Phi) is 3.24. The van der Waals surface area contributed by atoms with Gasteiger partial charge in [-0.25, -0.2) is 4.98 Å². The van der Waals surface area contributed by atoms with Crippen LogP contribution >= 0.6 is 11.8 Å². The number of rotatable bonds is 4. The van der Waals surface area contributed by atoms with E-state index in [1.807, 2.05) is 28.9 Å². The van der Waals surface area contributed by atoms with Gasteiger partial charge in [0.1, 0.15) is 12.7 Å². The number of nitrogens with two attached hydrogens (primary N) is 1. The van der Waals surface area contributed by atoms with Gasteiger partial charge in [-0.3, -0.25) is 4.68 Å². The summed E-state index contributed by atoms with van der Waals surface area (Å²) in [5, 5.41) is 4.03. The molecule has 0 aliphatic carbocycles. The molecule has 0 saturated heterocycles. The molecular formula is C10H12N4S. The molecule has 2 aromatic rings. The third-order valence-electron chi connectivity index (χ3n) is 1.94. The molecule has 0 bridgehead atoms. The van der Waals surface area contributed by atoms with Crippen LogP contribution in [0.3, 0.4) is 0 Å². The monoisotopic (exact) mass is 220 g/mol. The van der Waals surface area contributed by atoms with Crippen molar-refractivity contribution in [3.63, 3.8) is 0 Å². The Morgan fingerprint density at radius 2 is 2.07 bits per heavy atom. The highest BCUT2D eigenvalue weighted by atomic mass is 32.2. The van der Waals surface area contributed by atoms with E-state index in [-0.39, 0.29) is 0 Å². The normalized spacial score (nSPS) is 10.4. The van der Waals surface area contributed by atoms with Gasteiger partial charge >= 0.3 is 0 Å². The number of benzene rings is 1. The number of hydrogen-bond donors (Lipinski definition) is 1. The van der Waals surface area contributed by atoms with Crippen LogP contribution in [-0.2, 0) is 6.54 Å². The van der Waals surface area contributed by atoms with E-state index >= 15 is 0 Å². The number of anilines is 1. The molecular weight excluding hydrogens is 208 g/mol. The van der Waals surface area contributed by atoms with E-state index < -0.39 is 0 Å². The first-order valence-corrected chi connectivity index (χ1v) is 5.64. The lowest BCUT2D eigenvalue weighted by atomic mass is 10.3. The number of nitrogen functional groups attached to an aromatic ring is 1. The Morgan fingerprint density at radius 1 is 1.27 bits per heavy atom. The van der Waals surface area contributed by atoms with E-state index in [4.69, 9.17) is 5.73 Å². The molecule has 1 heterocycles. The molecule has 2 rings (SSSR count). The minimum absolute atomic E-state index is 0.802. The van der Waals surface area contributed by atoms with Gasteiger partial charge in [0.25, 0.3) is 0 Å². The van der Waals surface area contributed by atoms with Crippen molar-refractivity contribution in [2.45, 2.75) is 11.4 Å². The molecule has 15 heavy (non-hydrogen) atoms. The Balaban J connectivity index is 1.81. The number of aromatic nitrogens is 3. The molecule has 4 nitrogen and oxygen atoms in total. The fourth-order valence-corrected chi connectivity index (χ4v) is 2.01. The van der Waals surface area contributed by atoms with E-state index in [0.29, 0.717) is 0 Å². The second-order valence-electron chi connectivity index (χ2n) is 3.08. The van der Waals surface area contributed by atoms with Crippen LogP contribution in [0.4, 0.5) is 5.69 Å². The van der Waals surface area contributed by atoms with Crippen molar-refractivity contribution in [2.75, 3.05) is 11.5 Å². The molecule has 0 amide bonds. The van der Waals surface area contributed by atoms with Gasteiger partial charge < -0.3 is 5.73 Å². The van der Waals surface area contributed by atoms with E-state index in [2.05, 4.69) is 10.1 Å². The first-order chi connectivity index (χ1) is 7.34. The molecule has 1 aromatic heterocycles. The van der Waals surface area contributed by atoms with Gasteiger partial charge in [-0.05, 0) is 24.3 Å². The number of aryl methyl sites for hydroxylation is 1. The van der Waals surface area contributed by atoms with Crippen molar-refractivity contribution in [3.8, 4) is 0 Å². The molecule has 0 unspecified atom stereocenters. The van der Waals surface area contributed by atoms with Gasteiger partial charge in [0.2, 0.25) is 0 Å². The molecule has 0 fully saturated rings. The molecule has 0 aliphatic heterocycles. The maximum absolute atomic E-state index is 5.60. The highest BCUT2D eigenvalue weighted by Crippen LogP contribution is 2.18. The third-order valence-corrected chi connectivity index (χ3v) is 2.93.